The molecule has 0 aliphatic heterocycles. The molecule has 30 heavy (non-hydrogen) atoms. The van der Waals surface area contributed by atoms with Gasteiger partial charge in [0.2, 0.25) is 0 Å². The van der Waals surface area contributed by atoms with Crippen LogP contribution in [0.3, 0.4) is 0 Å². The molecular weight excluding hydrogens is 380 g/mol. The maximum absolute atomic E-state index is 13.5. The van der Waals surface area contributed by atoms with Crippen molar-refractivity contribution in [1.29, 1.82) is 0 Å². The van der Waals surface area contributed by atoms with Gasteiger partial charge in [0.15, 0.2) is 5.78 Å². The highest BCUT2D eigenvalue weighted by molar-refractivity contribution is 6.16. The zero-order chi connectivity index (χ0) is 21.3. The van der Waals surface area contributed by atoms with Gasteiger partial charge in [0.1, 0.15) is 23.0 Å². The smallest absolute Gasteiger partial charge is 0.194 e. The highest BCUT2D eigenvalue weighted by Crippen LogP contribution is 2.34. The van der Waals surface area contributed by atoms with Gasteiger partial charge in [0.05, 0.1) is 0 Å². The van der Waals surface area contributed by atoms with Crippen LogP contribution in [-0.2, 0) is 0 Å². The van der Waals surface area contributed by atoms with E-state index in [4.69, 9.17) is 0 Å². The Morgan fingerprint density at radius 2 is 0.800 bits per heavy atom. The topological polar surface area (TPSA) is 98.0 Å². The van der Waals surface area contributed by atoms with E-state index < -0.39 is 0 Å². The molecule has 0 aliphatic rings. The second-order valence-electron chi connectivity index (χ2n) is 6.88. The summed E-state index contributed by atoms with van der Waals surface area (Å²) >= 11 is 0. The molecular formula is C25H18O5. The summed E-state index contributed by atoms with van der Waals surface area (Å²) in [5.41, 5.74) is 3.09. The first-order chi connectivity index (χ1) is 14.4. The highest BCUT2D eigenvalue weighted by Gasteiger charge is 2.20. The largest absolute Gasteiger partial charge is 0.508 e. The van der Waals surface area contributed by atoms with Gasteiger partial charge in [0.25, 0.3) is 0 Å². The minimum absolute atomic E-state index is 0.0130. The fourth-order valence-electron chi connectivity index (χ4n) is 3.37. The average molecular weight is 398 g/mol. The average Bonchev–Trinajstić information content (AvgIpc) is 2.74. The van der Waals surface area contributed by atoms with E-state index in [1.807, 2.05) is 0 Å². The first-order valence-electron chi connectivity index (χ1n) is 9.22. The number of rotatable bonds is 4. The Bertz CT molecular complexity index is 1130. The van der Waals surface area contributed by atoms with E-state index in [9.17, 15) is 25.2 Å². The second kappa shape index (κ2) is 7.64. The summed E-state index contributed by atoms with van der Waals surface area (Å²) in [4.78, 5) is 13.5. The van der Waals surface area contributed by atoms with Gasteiger partial charge in [-0.1, -0.05) is 24.3 Å². The Morgan fingerprint density at radius 3 is 1.17 bits per heavy atom. The maximum atomic E-state index is 13.5. The number of phenols is 4. The standard InChI is InChI=1S/C25H18O5/c26-17-5-1-15(2-6-17)23-13-19(28)9-11-21(23)25(30)22-12-10-20(29)14-24(22)16-3-7-18(27)8-4-16/h1-14,26-29H. The third-order valence-electron chi connectivity index (χ3n) is 4.85. The SMILES string of the molecule is O=C(c1ccc(O)cc1-c1ccc(O)cc1)c1ccc(O)cc1-c1ccc(O)cc1. The van der Waals surface area contributed by atoms with E-state index in [1.165, 1.54) is 48.5 Å². The minimum atomic E-state index is -0.291. The van der Waals surface area contributed by atoms with Crippen LogP contribution in [0, 0.1) is 0 Å². The van der Waals surface area contributed by atoms with Gasteiger partial charge in [0, 0.05) is 11.1 Å². The first-order valence-corrected chi connectivity index (χ1v) is 9.22. The molecule has 0 amide bonds. The molecule has 0 radical (unpaired) electrons. The van der Waals surface area contributed by atoms with Crippen LogP contribution in [0.25, 0.3) is 22.3 Å². The highest BCUT2D eigenvalue weighted by atomic mass is 16.3. The van der Waals surface area contributed by atoms with E-state index >= 15 is 0 Å². The van der Waals surface area contributed by atoms with Gasteiger partial charge in [-0.2, -0.15) is 0 Å². The van der Waals surface area contributed by atoms with Gasteiger partial charge in [-0.15, -0.1) is 0 Å². The number of benzene rings is 4. The molecule has 0 saturated heterocycles. The van der Waals surface area contributed by atoms with Crippen molar-refractivity contribution in [3.8, 4) is 45.3 Å². The number of carbonyl (C=O) groups is 1. The van der Waals surface area contributed by atoms with E-state index in [0.717, 1.165) is 0 Å². The van der Waals surface area contributed by atoms with Crippen LogP contribution in [0.15, 0.2) is 84.9 Å². The Morgan fingerprint density at radius 1 is 0.467 bits per heavy atom. The minimum Gasteiger partial charge on any atom is -0.508 e. The number of phenolic OH excluding ortho intramolecular Hbond substituents is 4. The number of aromatic hydroxyl groups is 4. The molecule has 4 aromatic carbocycles. The van der Waals surface area contributed by atoms with Crippen molar-refractivity contribution in [2.75, 3.05) is 0 Å². The number of carbonyl (C=O) groups excluding carboxylic acids is 1. The molecule has 0 spiro atoms. The van der Waals surface area contributed by atoms with E-state index in [-0.39, 0.29) is 28.8 Å². The summed E-state index contributed by atoms with van der Waals surface area (Å²) in [6.45, 7) is 0. The van der Waals surface area contributed by atoms with Crippen LogP contribution >= 0.6 is 0 Å². The normalized spacial score (nSPS) is 10.7. The zero-order valence-corrected chi connectivity index (χ0v) is 15.8. The van der Waals surface area contributed by atoms with E-state index in [0.29, 0.717) is 33.4 Å². The van der Waals surface area contributed by atoms with Crippen LogP contribution in [0.2, 0.25) is 0 Å². The Labute approximate surface area is 172 Å². The molecule has 0 fully saturated rings. The van der Waals surface area contributed by atoms with Crippen molar-refractivity contribution in [1.82, 2.24) is 0 Å². The molecule has 0 bridgehead atoms. The Balaban J connectivity index is 1.87. The van der Waals surface area contributed by atoms with Crippen LogP contribution in [-0.4, -0.2) is 26.2 Å². The van der Waals surface area contributed by atoms with Gasteiger partial charge in [-0.25, -0.2) is 0 Å². The fraction of sp³-hybridized carbons (Fsp3) is 0. The number of ketones is 1. The van der Waals surface area contributed by atoms with Crippen molar-refractivity contribution < 1.29 is 25.2 Å². The monoisotopic (exact) mass is 398 g/mol. The summed E-state index contributed by atoms with van der Waals surface area (Å²) in [6, 6.07) is 21.7. The van der Waals surface area contributed by atoms with E-state index in [1.54, 1.807) is 36.4 Å². The summed E-state index contributed by atoms with van der Waals surface area (Å²) in [5.74, 6) is -0.0702. The summed E-state index contributed by atoms with van der Waals surface area (Å²) in [6.07, 6.45) is 0. The van der Waals surface area contributed by atoms with Gasteiger partial charge in [-0.3, -0.25) is 4.79 Å². The second-order valence-corrected chi connectivity index (χ2v) is 6.88. The third kappa shape index (κ3) is 3.69. The van der Waals surface area contributed by atoms with Gasteiger partial charge >= 0.3 is 0 Å². The molecule has 0 heterocycles. The molecule has 0 aliphatic carbocycles. The molecule has 148 valence electrons. The molecule has 0 aromatic heterocycles. The maximum Gasteiger partial charge on any atom is 0.194 e. The molecule has 4 aromatic rings. The molecule has 4 rings (SSSR count). The molecule has 0 unspecified atom stereocenters. The summed E-state index contributed by atoms with van der Waals surface area (Å²) in [7, 11) is 0. The predicted molar refractivity (Wildman–Crippen MR) is 114 cm³/mol. The van der Waals surface area contributed by atoms with Crippen LogP contribution in [0.5, 0.6) is 23.0 Å². The molecule has 0 atom stereocenters. The molecule has 5 heteroatoms. The Kier molecular flexibility index (Phi) is 4.86. The van der Waals surface area contributed by atoms with E-state index in [2.05, 4.69) is 0 Å². The van der Waals surface area contributed by atoms with Crippen molar-refractivity contribution >= 4 is 5.78 Å². The lowest BCUT2D eigenvalue weighted by Crippen LogP contribution is -2.05. The van der Waals surface area contributed by atoms with Gasteiger partial charge in [-0.05, 0) is 82.9 Å². The lowest BCUT2D eigenvalue weighted by molar-refractivity contribution is 0.104. The number of hydrogen-bond acceptors (Lipinski definition) is 5. The van der Waals surface area contributed by atoms with Crippen molar-refractivity contribution in [3.63, 3.8) is 0 Å². The third-order valence-corrected chi connectivity index (χ3v) is 4.85. The van der Waals surface area contributed by atoms with Crippen molar-refractivity contribution in [3.05, 3.63) is 96.1 Å². The summed E-state index contributed by atoms with van der Waals surface area (Å²) in [5, 5.41) is 39.1. The predicted octanol–water partition coefficient (Wildman–Crippen LogP) is 5.07. The Hall–Kier alpha value is -4.25. The van der Waals surface area contributed by atoms with Crippen LogP contribution < -0.4 is 0 Å². The summed E-state index contributed by atoms with van der Waals surface area (Å²) < 4.78 is 0. The van der Waals surface area contributed by atoms with Crippen molar-refractivity contribution in [2.24, 2.45) is 0 Å². The lowest BCUT2D eigenvalue weighted by Gasteiger charge is -2.14. The zero-order valence-electron chi connectivity index (χ0n) is 15.8. The fourth-order valence-corrected chi connectivity index (χ4v) is 3.37. The molecule has 5 nitrogen and oxygen atoms in total. The van der Waals surface area contributed by atoms with Crippen LogP contribution in [0.4, 0.5) is 0 Å². The quantitative estimate of drug-likeness (QED) is 0.360. The molecule has 4 N–H and O–H groups in total. The van der Waals surface area contributed by atoms with Gasteiger partial charge < -0.3 is 20.4 Å². The first kappa shape index (κ1) is 19.1. The van der Waals surface area contributed by atoms with Crippen molar-refractivity contribution in [2.45, 2.75) is 0 Å². The lowest BCUT2D eigenvalue weighted by atomic mass is 9.89. The number of hydrogen-bond donors (Lipinski definition) is 4. The molecule has 0 saturated carbocycles. The van der Waals surface area contributed by atoms with Crippen LogP contribution in [0.1, 0.15) is 15.9 Å².